The zero-order chi connectivity index (χ0) is 16.9. The Hall–Kier alpha value is -0.810. The summed E-state index contributed by atoms with van der Waals surface area (Å²) in [6, 6.07) is 10.9. The highest BCUT2D eigenvalue weighted by Crippen LogP contribution is 2.26. The van der Waals surface area contributed by atoms with Gasteiger partial charge in [-0.05, 0) is 51.1 Å². The summed E-state index contributed by atoms with van der Waals surface area (Å²) >= 11 is 0. The van der Waals surface area contributed by atoms with Gasteiger partial charge in [0.1, 0.15) is 0 Å². The van der Waals surface area contributed by atoms with E-state index in [-0.39, 0.29) is 42.8 Å². The van der Waals surface area contributed by atoms with Gasteiger partial charge in [-0.2, -0.15) is 0 Å². The normalized spacial score (nSPS) is 24.9. The highest BCUT2D eigenvalue weighted by molar-refractivity contribution is 5.85. The summed E-state index contributed by atoms with van der Waals surface area (Å²) in [5.41, 5.74) is 7.48. The first-order valence-electron chi connectivity index (χ1n) is 9.47. The van der Waals surface area contributed by atoms with Crippen molar-refractivity contribution in [3.8, 4) is 0 Å². The van der Waals surface area contributed by atoms with Gasteiger partial charge in [0.05, 0.1) is 5.92 Å². The molecule has 2 aliphatic rings. The van der Waals surface area contributed by atoms with Gasteiger partial charge in [-0.15, -0.1) is 24.8 Å². The minimum atomic E-state index is 0. The minimum absolute atomic E-state index is 0. The first-order chi connectivity index (χ1) is 11.6. The van der Waals surface area contributed by atoms with Crippen LogP contribution in [0.1, 0.15) is 44.6 Å². The van der Waals surface area contributed by atoms with Crippen molar-refractivity contribution in [3.63, 3.8) is 0 Å². The summed E-state index contributed by atoms with van der Waals surface area (Å²) in [7, 11) is 0. The molecule has 1 aromatic carbocycles. The van der Waals surface area contributed by atoms with Gasteiger partial charge in [0.2, 0.25) is 5.91 Å². The van der Waals surface area contributed by atoms with E-state index < -0.39 is 0 Å². The number of carbonyl (C=O) groups is 1. The van der Waals surface area contributed by atoms with Gasteiger partial charge in [0.25, 0.3) is 0 Å². The summed E-state index contributed by atoms with van der Waals surface area (Å²) in [6.07, 6.45) is 5.51. The van der Waals surface area contributed by atoms with E-state index in [2.05, 4.69) is 40.1 Å². The fraction of sp³-hybridized carbons (Fsp3) is 0.650. The number of likely N-dealkylation sites (tertiary alicyclic amines) is 2. The fourth-order valence-electron chi connectivity index (χ4n) is 4.25. The van der Waals surface area contributed by atoms with Crippen molar-refractivity contribution < 1.29 is 4.79 Å². The molecule has 26 heavy (non-hydrogen) atoms. The maximum Gasteiger partial charge on any atom is 0.227 e. The van der Waals surface area contributed by atoms with E-state index >= 15 is 0 Å². The van der Waals surface area contributed by atoms with E-state index in [1.165, 1.54) is 12.0 Å². The smallest absolute Gasteiger partial charge is 0.227 e. The Balaban J connectivity index is 0.00000169. The van der Waals surface area contributed by atoms with Crippen LogP contribution in [0, 0.1) is 5.92 Å². The van der Waals surface area contributed by atoms with Crippen LogP contribution in [0.3, 0.4) is 0 Å². The number of rotatable bonds is 4. The summed E-state index contributed by atoms with van der Waals surface area (Å²) in [6.45, 7) is 5.85. The van der Waals surface area contributed by atoms with Gasteiger partial charge in [-0.1, -0.05) is 30.3 Å². The Morgan fingerprint density at radius 1 is 1.12 bits per heavy atom. The molecule has 1 aromatic rings. The number of nitrogens with two attached hydrogens (primary N) is 1. The lowest BCUT2D eigenvalue weighted by Gasteiger charge is -2.42. The molecule has 6 heteroatoms. The third-order valence-electron chi connectivity index (χ3n) is 5.54. The molecule has 3 atom stereocenters. The van der Waals surface area contributed by atoms with E-state index in [9.17, 15) is 4.79 Å². The standard InChI is InChI=1S/C20H31N3O.2ClH/c1-16(21)19-11-5-6-13-23(19)20(24)18-10-7-12-22(15-18)14-17-8-3-2-4-9-17;;/h2-4,8-9,16,18-19H,5-7,10-15,21H2,1H3;2*1H. The van der Waals surface area contributed by atoms with Crippen molar-refractivity contribution >= 4 is 30.7 Å². The molecule has 2 heterocycles. The Morgan fingerprint density at radius 2 is 1.85 bits per heavy atom. The molecule has 2 saturated heterocycles. The van der Waals surface area contributed by atoms with Gasteiger partial charge in [0, 0.05) is 31.7 Å². The second kappa shape index (κ2) is 11.1. The molecule has 148 valence electrons. The first kappa shape index (κ1) is 23.2. The lowest BCUT2D eigenvalue weighted by atomic mass is 9.91. The fourth-order valence-corrected chi connectivity index (χ4v) is 4.25. The highest BCUT2D eigenvalue weighted by atomic mass is 35.5. The first-order valence-corrected chi connectivity index (χ1v) is 9.47. The van der Waals surface area contributed by atoms with Gasteiger partial charge >= 0.3 is 0 Å². The molecule has 4 nitrogen and oxygen atoms in total. The van der Waals surface area contributed by atoms with Crippen molar-refractivity contribution in [3.05, 3.63) is 35.9 Å². The number of hydrogen-bond donors (Lipinski definition) is 1. The maximum absolute atomic E-state index is 13.1. The molecular formula is C20H33Cl2N3O. The van der Waals surface area contributed by atoms with E-state index in [1.54, 1.807) is 0 Å². The van der Waals surface area contributed by atoms with Crippen LogP contribution in [-0.2, 0) is 11.3 Å². The third kappa shape index (κ3) is 5.85. The van der Waals surface area contributed by atoms with Gasteiger partial charge < -0.3 is 10.6 Å². The van der Waals surface area contributed by atoms with Crippen molar-refractivity contribution in [1.29, 1.82) is 0 Å². The van der Waals surface area contributed by atoms with Crippen LogP contribution in [0.25, 0.3) is 0 Å². The number of carbonyl (C=O) groups excluding carboxylic acids is 1. The lowest BCUT2D eigenvalue weighted by Crippen LogP contribution is -2.55. The summed E-state index contributed by atoms with van der Waals surface area (Å²) < 4.78 is 0. The largest absolute Gasteiger partial charge is 0.338 e. The number of amides is 1. The van der Waals surface area contributed by atoms with Crippen LogP contribution in [0.2, 0.25) is 0 Å². The van der Waals surface area contributed by atoms with Gasteiger partial charge in [-0.3, -0.25) is 9.69 Å². The Morgan fingerprint density at radius 3 is 2.54 bits per heavy atom. The van der Waals surface area contributed by atoms with E-state index in [1.807, 2.05) is 6.92 Å². The molecule has 3 unspecified atom stereocenters. The van der Waals surface area contributed by atoms with E-state index in [0.717, 1.165) is 51.9 Å². The van der Waals surface area contributed by atoms with E-state index in [4.69, 9.17) is 5.73 Å². The molecule has 0 radical (unpaired) electrons. The summed E-state index contributed by atoms with van der Waals surface area (Å²) in [5, 5.41) is 0. The molecule has 0 aromatic heterocycles. The van der Waals surface area contributed by atoms with Crippen LogP contribution in [0.5, 0.6) is 0 Å². The SMILES string of the molecule is CC(N)C1CCCCN1C(=O)C1CCCN(Cc2ccccc2)C1.Cl.Cl. The van der Waals surface area contributed by atoms with Crippen molar-refractivity contribution in [2.24, 2.45) is 11.7 Å². The van der Waals surface area contributed by atoms with Crippen LogP contribution in [0.4, 0.5) is 0 Å². The van der Waals surface area contributed by atoms with Crippen LogP contribution >= 0.6 is 24.8 Å². The number of hydrogen-bond acceptors (Lipinski definition) is 3. The van der Waals surface area contributed by atoms with Crippen molar-refractivity contribution in [2.45, 2.75) is 57.7 Å². The topological polar surface area (TPSA) is 49.6 Å². The molecule has 0 bridgehead atoms. The minimum Gasteiger partial charge on any atom is -0.338 e. The van der Waals surface area contributed by atoms with Crippen molar-refractivity contribution in [1.82, 2.24) is 9.80 Å². The molecule has 1 amide bonds. The molecular weight excluding hydrogens is 369 g/mol. The molecule has 2 fully saturated rings. The van der Waals surface area contributed by atoms with Crippen LogP contribution < -0.4 is 5.73 Å². The molecule has 0 spiro atoms. The van der Waals surface area contributed by atoms with E-state index in [0.29, 0.717) is 5.91 Å². The quantitative estimate of drug-likeness (QED) is 0.839. The molecule has 0 saturated carbocycles. The predicted octanol–water partition coefficient (Wildman–Crippen LogP) is 3.47. The second-order valence-electron chi connectivity index (χ2n) is 7.51. The molecule has 3 rings (SSSR count). The Kier molecular flexibility index (Phi) is 9.94. The van der Waals surface area contributed by atoms with Crippen LogP contribution in [-0.4, -0.2) is 47.4 Å². The molecule has 0 aliphatic carbocycles. The monoisotopic (exact) mass is 401 g/mol. The summed E-state index contributed by atoms with van der Waals surface area (Å²) in [5.74, 6) is 0.483. The number of halogens is 2. The van der Waals surface area contributed by atoms with Crippen molar-refractivity contribution in [2.75, 3.05) is 19.6 Å². The molecule has 2 N–H and O–H groups in total. The maximum atomic E-state index is 13.1. The van der Waals surface area contributed by atoms with Gasteiger partial charge in [-0.25, -0.2) is 0 Å². The Labute approximate surface area is 170 Å². The zero-order valence-corrected chi connectivity index (χ0v) is 17.3. The average Bonchev–Trinajstić information content (AvgIpc) is 2.62. The number of nitrogens with zero attached hydrogens (tertiary/aromatic N) is 2. The number of piperidine rings is 2. The Bertz CT molecular complexity index is 541. The molecule has 2 aliphatic heterocycles. The lowest BCUT2D eigenvalue weighted by molar-refractivity contribution is -0.141. The number of benzene rings is 1. The predicted molar refractivity (Wildman–Crippen MR) is 112 cm³/mol. The highest BCUT2D eigenvalue weighted by Gasteiger charge is 2.35. The van der Waals surface area contributed by atoms with Gasteiger partial charge in [0.15, 0.2) is 0 Å². The summed E-state index contributed by atoms with van der Waals surface area (Å²) in [4.78, 5) is 17.6. The van der Waals surface area contributed by atoms with Crippen LogP contribution in [0.15, 0.2) is 30.3 Å². The average molecular weight is 402 g/mol. The zero-order valence-electron chi connectivity index (χ0n) is 15.7. The third-order valence-corrected chi connectivity index (χ3v) is 5.54. The second-order valence-corrected chi connectivity index (χ2v) is 7.51.